The summed E-state index contributed by atoms with van der Waals surface area (Å²) in [6, 6.07) is 15.4. The van der Waals surface area contributed by atoms with Gasteiger partial charge in [-0.1, -0.05) is 24.3 Å². The molecule has 1 N–H and O–H groups in total. The number of hydrogen-bond acceptors (Lipinski definition) is 3. The number of nitrogens with one attached hydrogen (secondary N) is 1. The van der Waals surface area contributed by atoms with Crippen molar-refractivity contribution in [3.05, 3.63) is 59.9 Å². The van der Waals surface area contributed by atoms with Crippen molar-refractivity contribution in [2.75, 3.05) is 36.4 Å². The molecule has 122 valence electrons. The fraction of sp³-hybridized carbons (Fsp3) is 0.222. The minimum Gasteiger partial charge on any atom is -0.367 e. The van der Waals surface area contributed by atoms with E-state index < -0.39 is 5.82 Å². The molecule has 6 heteroatoms. The van der Waals surface area contributed by atoms with Crippen LogP contribution in [0.15, 0.2) is 48.5 Å². The Bertz CT molecular complexity index is 779. The number of piperazine rings is 1. The molecule has 0 aliphatic carbocycles. The molecule has 0 saturated carbocycles. The van der Waals surface area contributed by atoms with Crippen molar-refractivity contribution in [1.29, 1.82) is 5.26 Å². The van der Waals surface area contributed by atoms with Gasteiger partial charge in [-0.25, -0.2) is 9.18 Å². The molecule has 0 aromatic heterocycles. The van der Waals surface area contributed by atoms with Gasteiger partial charge < -0.3 is 15.1 Å². The number of anilines is 2. The molecule has 1 aliphatic rings. The van der Waals surface area contributed by atoms with Gasteiger partial charge in [-0.05, 0) is 24.3 Å². The van der Waals surface area contributed by atoms with Gasteiger partial charge in [0, 0.05) is 26.2 Å². The van der Waals surface area contributed by atoms with Gasteiger partial charge >= 0.3 is 6.03 Å². The molecule has 0 unspecified atom stereocenters. The first-order valence-corrected chi connectivity index (χ1v) is 7.73. The molecule has 0 atom stereocenters. The third-order valence-corrected chi connectivity index (χ3v) is 4.05. The molecule has 24 heavy (non-hydrogen) atoms. The monoisotopic (exact) mass is 324 g/mol. The quantitative estimate of drug-likeness (QED) is 0.923. The van der Waals surface area contributed by atoms with Crippen LogP contribution in [0.5, 0.6) is 0 Å². The fourth-order valence-electron chi connectivity index (χ4n) is 2.75. The Morgan fingerprint density at radius 3 is 2.42 bits per heavy atom. The summed E-state index contributed by atoms with van der Waals surface area (Å²) in [5.41, 5.74) is 1.69. The normalized spacial score (nSPS) is 14.2. The van der Waals surface area contributed by atoms with Crippen molar-refractivity contribution in [3.63, 3.8) is 0 Å². The molecule has 1 saturated heterocycles. The van der Waals surface area contributed by atoms with Crippen LogP contribution in [-0.2, 0) is 0 Å². The lowest BCUT2D eigenvalue weighted by atomic mass is 10.1. The maximum atomic E-state index is 13.6. The van der Waals surface area contributed by atoms with E-state index in [4.69, 9.17) is 0 Å². The van der Waals surface area contributed by atoms with Gasteiger partial charge in [0.05, 0.1) is 16.9 Å². The van der Waals surface area contributed by atoms with Crippen LogP contribution in [-0.4, -0.2) is 37.1 Å². The molecule has 1 heterocycles. The molecule has 1 fully saturated rings. The van der Waals surface area contributed by atoms with Gasteiger partial charge in [0.15, 0.2) is 0 Å². The summed E-state index contributed by atoms with van der Waals surface area (Å²) in [7, 11) is 0. The maximum absolute atomic E-state index is 13.6. The standard InChI is InChI=1S/C18H17FN4O/c19-15-6-2-3-7-16(15)21-18(24)23-11-9-22(10-12-23)17-8-4-1-5-14(17)13-20/h1-8H,9-12H2,(H,21,24). The molecule has 5 nitrogen and oxygen atoms in total. The van der Waals surface area contributed by atoms with Crippen LogP contribution in [0.1, 0.15) is 5.56 Å². The third kappa shape index (κ3) is 3.30. The van der Waals surface area contributed by atoms with Crippen molar-refractivity contribution in [2.45, 2.75) is 0 Å². The van der Waals surface area contributed by atoms with E-state index in [9.17, 15) is 14.4 Å². The van der Waals surface area contributed by atoms with Crippen LogP contribution in [0.25, 0.3) is 0 Å². The summed E-state index contributed by atoms with van der Waals surface area (Å²) < 4.78 is 13.6. The first-order chi connectivity index (χ1) is 11.7. The van der Waals surface area contributed by atoms with E-state index in [0.717, 1.165) is 5.69 Å². The molecule has 3 rings (SSSR count). The molecule has 2 amide bonds. The number of nitriles is 1. The van der Waals surface area contributed by atoms with Gasteiger partial charge in [-0.15, -0.1) is 0 Å². The van der Waals surface area contributed by atoms with Crippen molar-refractivity contribution in [3.8, 4) is 6.07 Å². The van der Waals surface area contributed by atoms with Crippen molar-refractivity contribution < 1.29 is 9.18 Å². The smallest absolute Gasteiger partial charge is 0.322 e. The summed E-state index contributed by atoms with van der Waals surface area (Å²) in [5.74, 6) is -0.451. The van der Waals surface area contributed by atoms with Crippen LogP contribution >= 0.6 is 0 Å². The summed E-state index contributed by atoms with van der Waals surface area (Å²) in [6.07, 6.45) is 0. The summed E-state index contributed by atoms with van der Waals surface area (Å²) in [5, 5.41) is 11.8. The summed E-state index contributed by atoms with van der Waals surface area (Å²) in [6.45, 7) is 2.28. The molecular weight excluding hydrogens is 307 g/mol. The number of amides is 2. The zero-order valence-corrected chi connectivity index (χ0v) is 13.1. The predicted octanol–water partition coefficient (Wildman–Crippen LogP) is 3.05. The molecule has 2 aromatic rings. The lowest BCUT2D eigenvalue weighted by Crippen LogP contribution is -2.50. The van der Waals surface area contributed by atoms with Crippen LogP contribution < -0.4 is 10.2 Å². The number of benzene rings is 2. The second-order valence-electron chi connectivity index (χ2n) is 5.51. The Balaban J connectivity index is 1.62. The fourth-order valence-corrected chi connectivity index (χ4v) is 2.75. The molecular formula is C18H17FN4O. The topological polar surface area (TPSA) is 59.4 Å². The molecule has 0 bridgehead atoms. The van der Waals surface area contributed by atoms with Gasteiger partial charge in [0.25, 0.3) is 0 Å². The van der Waals surface area contributed by atoms with E-state index in [0.29, 0.717) is 31.7 Å². The lowest BCUT2D eigenvalue weighted by Gasteiger charge is -2.36. The lowest BCUT2D eigenvalue weighted by molar-refractivity contribution is 0.208. The third-order valence-electron chi connectivity index (χ3n) is 4.05. The highest BCUT2D eigenvalue weighted by Crippen LogP contribution is 2.21. The van der Waals surface area contributed by atoms with Crippen LogP contribution in [0.2, 0.25) is 0 Å². The van der Waals surface area contributed by atoms with Crippen LogP contribution in [0.3, 0.4) is 0 Å². The minimum absolute atomic E-state index is 0.180. The first-order valence-electron chi connectivity index (χ1n) is 7.73. The largest absolute Gasteiger partial charge is 0.367 e. The highest BCUT2D eigenvalue weighted by Gasteiger charge is 2.23. The number of nitrogens with zero attached hydrogens (tertiary/aromatic N) is 3. The van der Waals surface area contributed by atoms with E-state index in [2.05, 4.69) is 16.3 Å². The van der Waals surface area contributed by atoms with E-state index in [1.807, 2.05) is 18.2 Å². The van der Waals surface area contributed by atoms with E-state index in [-0.39, 0.29) is 11.7 Å². The number of halogens is 1. The average Bonchev–Trinajstić information content (AvgIpc) is 2.63. The van der Waals surface area contributed by atoms with Gasteiger partial charge in [-0.2, -0.15) is 5.26 Å². The van der Waals surface area contributed by atoms with Crippen LogP contribution in [0, 0.1) is 17.1 Å². The zero-order chi connectivity index (χ0) is 16.9. The Kier molecular flexibility index (Phi) is 4.62. The van der Waals surface area contributed by atoms with Crippen LogP contribution in [0.4, 0.5) is 20.6 Å². The predicted molar refractivity (Wildman–Crippen MR) is 90.4 cm³/mol. The highest BCUT2D eigenvalue weighted by molar-refractivity contribution is 5.89. The first kappa shape index (κ1) is 15.8. The zero-order valence-electron chi connectivity index (χ0n) is 13.1. The number of hydrogen-bond donors (Lipinski definition) is 1. The Morgan fingerprint density at radius 1 is 1.04 bits per heavy atom. The minimum atomic E-state index is -0.451. The number of para-hydroxylation sites is 2. The van der Waals surface area contributed by atoms with Gasteiger partial charge in [-0.3, -0.25) is 0 Å². The Labute approximate surface area is 139 Å². The van der Waals surface area contributed by atoms with Gasteiger partial charge in [0.2, 0.25) is 0 Å². The molecule has 1 aliphatic heterocycles. The second-order valence-corrected chi connectivity index (χ2v) is 5.51. The van der Waals surface area contributed by atoms with E-state index >= 15 is 0 Å². The Morgan fingerprint density at radius 2 is 1.71 bits per heavy atom. The number of urea groups is 1. The average molecular weight is 324 g/mol. The van der Waals surface area contributed by atoms with Crippen molar-refractivity contribution in [1.82, 2.24) is 4.90 Å². The van der Waals surface area contributed by atoms with Gasteiger partial charge in [0.1, 0.15) is 11.9 Å². The maximum Gasteiger partial charge on any atom is 0.322 e. The number of carbonyl (C=O) groups excluding carboxylic acids is 1. The second kappa shape index (κ2) is 7.01. The Hall–Kier alpha value is -3.07. The van der Waals surface area contributed by atoms with Crippen molar-refractivity contribution in [2.24, 2.45) is 0 Å². The number of carbonyl (C=O) groups is 1. The molecule has 0 radical (unpaired) electrons. The number of rotatable bonds is 2. The summed E-state index contributed by atoms with van der Waals surface area (Å²) >= 11 is 0. The highest BCUT2D eigenvalue weighted by atomic mass is 19.1. The summed E-state index contributed by atoms with van der Waals surface area (Å²) in [4.78, 5) is 16.0. The molecule has 2 aromatic carbocycles. The van der Waals surface area contributed by atoms with E-state index in [1.165, 1.54) is 12.1 Å². The molecule has 0 spiro atoms. The van der Waals surface area contributed by atoms with Crippen molar-refractivity contribution >= 4 is 17.4 Å². The SMILES string of the molecule is N#Cc1ccccc1N1CCN(C(=O)Nc2ccccc2F)CC1. The van der Waals surface area contributed by atoms with E-state index in [1.54, 1.807) is 23.1 Å².